The number of rotatable bonds is 7. The van der Waals surface area contributed by atoms with E-state index in [0.717, 1.165) is 5.56 Å². The van der Waals surface area contributed by atoms with Gasteiger partial charge in [0, 0.05) is 29.6 Å². The maximum absolute atomic E-state index is 13.4. The quantitative estimate of drug-likeness (QED) is 0.509. The zero-order chi connectivity index (χ0) is 23.4. The number of hydrogen-bond acceptors (Lipinski definition) is 5. The highest BCUT2D eigenvalue weighted by molar-refractivity contribution is 7.80. The Morgan fingerprint density at radius 2 is 1.88 bits per heavy atom. The number of ether oxygens (including phenoxy) is 1. The average molecular weight is 481 g/mol. The minimum Gasteiger partial charge on any atom is -0.497 e. The van der Waals surface area contributed by atoms with E-state index in [1.54, 1.807) is 72.9 Å². The number of nitrogens with zero attached hydrogens (tertiary/aromatic N) is 3. The number of nitrogens with one attached hydrogen (secondary N) is 1. The predicted octanol–water partition coefficient (Wildman–Crippen LogP) is 4.27. The molecule has 2 aromatic carbocycles. The van der Waals surface area contributed by atoms with Gasteiger partial charge < -0.3 is 15.0 Å². The molecule has 1 N–H and O–H groups in total. The fraction of sp³-hybridized carbons (Fsp3) is 0.167. The number of halogens is 1. The third kappa shape index (κ3) is 5.13. The van der Waals surface area contributed by atoms with Crippen LogP contribution >= 0.6 is 23.8 Å². The second-order valence-electron chi connectivity index (χ2n) is 7.42. The Morgan fingerprint density at radius 3 is 2.52 bits per heavy atom. The molecule has 4 rings (SSSR count). The van der Waals surface area contributed by atoms with Crippen molar-refractivity contribution in [2.45, 2.75) is 19.0 Å². The largest absolute Gasteiger partial charge is 0.497 e. The number of amides is 2. The summed E-state index contributed by atoms with van der Waals surface area (Å²) in [7, 11) is 1.57. The van der Waals surface area contributed by atoms with E-state index in [1.165, 1.54) is 4.90 Å². The van der Waals surface area contributed by atoms with Crippen molar-refractivity contribution in [3.8, 4) is 5.75 Å². The van der Waals surface area contributed by atoms with E-state index >= 15 is 0 Å². The van der Waals surface area contributed by atoms with Crippen molar-refractivity contribution in [2.24, 2.45) is 0 Å². The van der Waals surface area contributed by atoms with Crippen LogP contribution in [-0.4, -0.2) is 40.0 Å². The minimum atomic E-state index is -0.758. The average Bonchev–Trinajstić information content (AvgIpc) is 3.05. The van der Waals surface area contributed by atoms with Crippen molar-refractivity contribution < 1.29 is 14.3 Å². The maximum atomic E-state index is 13.4. The molecule has 168 valence electrons. The van der Waals surface area contributed by atoms with Gasteiger partial charge in [0.2, 0.25) is 5.91 Å². The first-order valence-electron chi connectivity index (χ1n) is 10.2. The Bertz CT molecular complexity index is 1160. The third-order valence-electron chi connectivity index (χ3n) is 5.23. The van der Waals surface area contributed by atoms with Crippen molar-refractivity contribution in [3.05, 3.63) is 83.6 Å². The first-order chi connectivity index (χ1) is 16.0. The van der Waals surface area contributed by atoms with Crippen LogP contribution in [0.1, 0.15) is 12.0 Å². The molecule has 0 aliphatic carbocycles. The molecule has 2 amide bonds. The lowest BCUT2D eigenvalue weighted by Crippen LogP contribution is -2.37. The van der Waals surface area contributed by atoms with Crippen molar-refractivity contribution in [1.29, 1.82) is 0 Å². The molecule has 0 unspecified atom stereocenters. The zero-order valence-corrected chi connectivity index (χ0v) is 19.3. The molecule has 3 aromatic rings. The molecule has 1 aliphatic heterocycles. The van der Waals surface area contributed by atoms with Gasteiger partial charge in [0.05, 0.1) is 19.2 Å². The number of hydrogen-bond donors (Lipinski definition) is 1. The van der Waals surface area contributed by atoms with Crippen molar-refractivity contribution in [3.63, 3.8) is 0 Å². The Morgan fingerprint density at radius 1 is 1.15 bits per heavy atom. The normalized spacial score (nSPS) is 15.6. The van der Waals surface area contributed by atoms with Gasteiger partial charge in [-0.15, -0.1) is 0 Å². The van der Waals surface area contributed by atoms with Crippen LogP contribution in [0.4, 0.5) is 11.4 Å². The van der Waals surface area contributed by atoms with Crippen LogP contribution in [0.2, 0.25) is 5.02 Å². The molecular formula is C24H21ClN4O3S. The summed E-state index contributed by atoms with van der Waals surface area (Å²) >= 11 is 11.7. The van der Waals surface area contributed by atoms with Crippen molar-refractivity contribution in [2.75, 3.05) is 17.3 Å². The van der Waals surface area contributed by atoms with Crippen LogP contribution in [-0.2, 0) is 16.1 Å². The summed E-state index contributed by atoms with van der Waals surface area (Å²) in [6.07, 6.45) is 3.33. The Balaban J connectivity index is 1.57. The zero-order valence-electron chi connectivity index (χ0n) is 17.8. The molecule has 1 fully saturated rings. The van der Waals surface area contributed by atoms with Crippen LogP contribution in [0.5, 0.6) is 5.75 Å². The topological polar surface area (TPSA) is 74.8 Å². The summed E-state index contributed by atoms with van der Waals surface area (Å²) in [5.41, 5.74) is 2.09. The van der Waals surface area contributed by atoms with Crippen LogP contribution in [0.15, 0.2) is 73.1 Å². The van der Waals surface area contributed by atoms with E-state index in [9.17, 15) is 9.59 Å². The van der Waals surface area contributed by atoms with Gasteiger partial charge in [0.25, 0.3) is 5.91 Å². The standard InChI is InChI=1S/C24H21ClN4O3S/c1-32-20-10-6-18(7-11-20)27-22(30)13-21-23(31)29(19-8-4-17(25)5-9-19)24(33)28(21)15-16-3-2-12-26-14-16/h2-12,14,21H,13,15H2,1H3,(H,27,30)/t21-/m0/s1. The second-order valence-corrected chi connectivity index (χ2v) is 8.22. The van der Waals surface area contributed by atoms with Gasteiger partial charge in [0.1, 0.15) is 11.8 Å². The van der Waals surface area contributed by atoms with Crippen LogP contribution in [0, 0.1) is 0 Å². The molecule has 0 radical (unpaired) electrons. The molecule has 1 aromatic heterocycles. The Hall–Kier alpha value is -3.49. The van der Waals surface area contributed by atoms with Crippen LogP contribution in [0.3, 0.4) is 0 Å². The number of thiocarbonyl (C=S) groups is 1. The van der Waals surface area contributed by atoms with E-state index in [2.05, 4.69) is 10.3 Å². The highest BCUT2D eigenvalue weighted by Crippen LogP contribution is 2.29. The third-order valence-corrected chi connectivity index (χ3v) is 5.90. The second kappa shape index (κ2) is 9.97. The first-order valence-corrected chi connectivity index (χ1v) is 11.0. The van der Waals surface area contributed by atoms with Gasteiger partial charge in [-0.3, -0.25) is 19.5 Å². The van der Waals surface area contributed by atoms with E-state index in [1.807, 2.05) is 12.1 Å². The highest BCUT2D eigenvalue weighted by Gasteiger charge is 2.44. The first kappa shape index (κ1) is 22.7. The smallest absolute Gasteiger partial charge is 0.256 e. The number of benzene rings is 2. The van der Waals surface area contributed by atoms with Gasteiger partial charge in [-0.1, -0.05) is 17.7 Å². The fourth-order valence-corrected chi connectivity index (χ4v) is 4.11. The van der Waals surface area contributed by atoms with E-state index in [4.69, 9.17) is 28.6 Å². The fourth-order valence-electron chi connectivity index (χ4n) is 3.59. The molecule has 0 bridgehead atoms. The lowest BCUT2D eigenvalue weighted by atomic mass is 10.1. The van der Waals surface area contributed by atoms with E-state index < -0.39 is 6.04 Å². The van der Waals surface area contributed by atoms with Gasteiger partial charge in [-0.25, -0.2) is 0 Å². The summed E-state index contributed by atoms with van der Waals surface area (Å²) in [6.45, 7) is 0.350. The summed E-state index contributed by atoms with van der Waals surface area (Å²) in [5, 5.41) is 3.72. The van der Waals surface area contributed by atoms with Crippen molar-refractivity contribution in [1.82, 2.24) is 9.88 Å². The number of carbonyl (C=O) groups excluding carboxylic acids is 2. The molecule has 1 atom stereocenters. The molecule has 33 heavy (non-hydrogen) atoms. The number of pyridine rings is 1. The molecular weight excluding hydrogens is 460 g/mol. The molecule has 1 saturated heterocycles. The monoisotopic (exact) mass is 480 g/mol. The minimum absolute atomic E-state index is 0.0602. The van der Waals surface area contributed by atoms with Gasteiger partial charge in [0.15, 0.2) is 5.11 Å². The van der Waals surface area contributed by atoms with Gasteiger partial charge in [-0.05, 0) is 72.4 Å². The maximum Gasteiger partial charge on any atom is 0.256 e. The summed E-state index contributed by atoms with van der Waals surface area (Å²) in [4.78, 5) is 33.6. The Labute approximate surface area is 201 Å². The molecule has 9 heteroatoms. The van der Waals surface area contributed by atoms with E-state index in [0.29, 0.717) is 33.8 Å². The molecule has 0 saturated carbocycles. The van der Waals surface area contributed by atoms with Crippen LogP contribution in [0.25, 0.3) is 0 Å². The number of aromatic nitrogens is 1. The molecule has 2 heterocycles. The molecule has 7 nitrogen and oxygen atoms in total. The number of methoxy groups -OCH3 is 1. The number of anilines is 2. The highest BCUT2D eigenvalue weighted by atomic mass is 35.5. The van der Waals surface area contributed by atoms with Crippen molar-refractivity contribution >= 4 is 52.1 Å². The Kier molecular flexibility index (Phi) is 6.86. The predicted molar refractivity (Wildman–Crippen MR) is 131 cm³/mol. The number of carbonyl (C=O) groups is 2. The lowest BCUT2D eigenvalue weighted by molar-refractivity contribution is -0.124. The molecule has 0 spiro atoms. The van der Waals surface area contributed by atoms with E-state index in [-0.39, 0.29) is 18.2 Å². The van der Waals surface area contributed by atoms with Gasteiger partial charge in [-0.2, -0.15) is 0 Å². The summed E-state index contributed by atoms with van der Waals surface area (Å²) in [6, 6.07) is 16.8. The summed E-state index contributed by atoms with van der Waals surface area (Å²) in [5.74, 6) is 0.122. The van der Waals surface area contributed by atoms with Gasteiger partial charge >= 0.3 is 0 Å². The summed E-state index contributed by atoms with van der Waals surface area (Å²) < 4.78 is 5.14. The lowest BCUT2D eigenvalue weighted by Gasteiger charge is -2.23. The molecule has 1 aliphatic rings. The van der Waals surface area contributed by atoms with Crippen LogP contribution < -0.4 is 15.0 Å². The SMILES string of the molecule is COc1ccc(NC(=O)C[C@H]2C(=O)N(c3ccc(Cl)cc3)C(=S)N2Cc2cccnc2)cc1.